The van der Waals surface area contributed by atoms with Gasteiger partial charge in [-0.3, -0.25) is 0 Å². The van der Waals surface area contributed by atoms with Gasteiger partial charge in [-0.2, -0.15) is 0 Å². The summed E-state index contributed by atoms with van der Waals surface area (Å²) in [4.78, 5) is 11.2. The Morgan fingerprint density at radius 3 is 2.89 bits per heavy atom. The van der Waals surface area contributed by atoms with E-state index in [0.29, 0.717) is 17.4 Å². The molecule has 0 spiro atoms. The van der Waals surface area contributed by atoms with Crippen LogP contribution in [0.3, 0.4) is 0 Å². The van der Waals surface area contributed by atoms with Crippen LogP contribution in [0.15, 0.2) is 22.8 Å². The van der Waals surface area contributed by atoms with Crippen LogP contribution in [0, 0.1) is 6.92 Å². The standard InChI is InChI=1S/C13H14N4OS/c1-3-8-6-9-11(17-14)15-12(16-13(9)19-8)10-7(2)4-5-18-10/h4-6H,3,14H2,1-2H3,(H,15,16,17). The highest BCUT2D eigenvalue weighted by molar-refractivity contribution is 7.18. The van der Waals surface area contributed by atoms with Crippen molar-refractivity contribution in [1.82, 2.24) is 9.97 Å². The van der Waals surface area contributed by atoms with Gasteiger partial charge in [0.25, 0.3) is 0 Å². The van der Waals surface area contributed by atoms with Crippen molar-refractivity contribution < 1.29 is 4.42 Å². The molecule has 0 saturated heterocycles. The zero-order chi connectivity index (χ0) is 13.4. The predicted octanol–water partition coefficient (Wildman–Crippen LogP) is 3.11. The molecule has 3 N–H and O–H groups in total. The average molecular weight is 274 g/mol. The highest BCUT2D eigenvalue weighted by Crippen LogP contribution is 2.32. The molecule has 0 saturated carbocycles. The Morgan fingerprint density at radius 2 is 2.26 bits per heavy atom. The molecule has 19 heavy (non-hydrogen) atoms. The minimum absolute atomic E-state index is 0.562. The third kappa shape index (κ3) is 1.98. The number of furan rings is 1. The third-order valence-corrected chi connectivity index (χ3v) is 4.17. The zero-order valence-corrected chi connectivity index (χ0v) is 11.5. The van der Waals surface area contributed by atoms with Crippen LogP contribution in [0.5, 0.6) is 0 Å². The fourth-order valence-electron chi connectivity index (χ4n) is 1.96. The molecule has 0 radical (unpaired) electrons. The number of fused-ring (bicyclic) bond motifs is 1. The monoisotopic (exact) mass is 274 g/mol. The van der Waals surface area contributed by atoms with Crippen molar-refractivity contribution in [3.63, 3.8) is 0 Å². The lowest BCUT2D eigenvalue weighted by Crippen LogP contribution is -2.09. The molecule has 0 atom stereocenters. The van der Waals surface area contributed by atoms with Crippen LogP contribution < -0.4 is 11.3 Å². The first-order valence-corrected chi connectivity index (χ1v) is 6.86. The van der Waals surface area contributed by atoms with Crippen molar-refractivity contribution in [1.29, 1.82) is 0 Å². The molecule has 0 aromatic carbocycles. The number of nitrogen functional groups attached to an aromatic ring is 1. The molecular formula is C13H14N4OS. The number of thiophene rings is 1. The molecule has 0 aliphatic carbocycles. The SMILES string of the molecule is CCc1cc2c(NN)nc(-c3occc3C)nc2s1. The molecule has 5 nitrogen and oxygen atoms in total. The fourth-order valence-corrected chi connectivity index (χ4v) is 2.93. The van der Waals surface area contributed by atoms with E-state index in [1.807, 2.05) is 13.0 Å². The summed E-state index contributed by atoms with van der Waals surface area (Å²) >= 11 is 1.66. The van der Waals surface area contributed by atoms with Gasteiger partial charge in [0.15, 0.2) is 17.4 Å². The van der Waals surface area contributed by atoms with Crippen molar-refractivity contribution in [3.05, 3.63) is 28.8 Å². The second kappa shape index (κ2) is 4.64. The minimum atomic E-state index is 0.562. The molecule has 3 aromatic heterocycles. The summed E-state index contributed by atoms with van der Waals surface area (Å²) in [6, 6.07) is 3.97. The van der Waals surface area contributed by atoms with Gasteiger partial charge in [-0.05, 0) is 31.0 Å². The summed E-state index contributed by atoms with van der Waals surface area (Å²) in [7, 11) is 0. The number of aromatic nitrogens is 2. The number of hydrazine groups is 1. The molecule has 3 aromatic rings. The van der Waals surface area contributed by atoms with E-state index in [4.69, 9.17) is 10.3 Å². The summed E-state index contributed by atoms with van der Waals surface area (Å²) in [6.07, 6.45) is 2.61. The quantitative estimate of drug-likeness (QED) is 0.567. The van der Waals surface area contributed by atoms with E-state index in [1.54, 1.807) is 17.6 Å². The summed E-state index contributed by atoms with van der Waals surface area (Å²) < 4.78 is 5.44. The van der Waals surface area contributed by atoms with E-state index in [2.05, 4.69) is 28.4 Å². The van der Waals surface area contributed by atoms with Crippen LogP contribution in [-0.2, 0) is 6.42 Å². The van der Waals surface area contributed by atoms with Crippen LogP contribution in [0.2, 0.25) is 0 Å². The second-order valence-corrected chi connectivity index (χ2v) is 5.37. The van der Waals surface area contributed by atoms with Gasteiger partial charge < -0.3 is 9.84 Å². The summed E-state index contributed by atoms with van der Waals surface area (Å²) in [6.45, 7) is 4.08. The van der Waals surface area contributed by atoms with E-state index in [9.17, 15) is 0 Å². The lowest BCUT2D eigenvalue weighted by molar-refractivity contribution is 0.576. The van der Waals surface area contributed by atoms with Gasteiger partial charge in [0, 0.05) is 4.88 Å². The third-order valence-electron chi connectivity index (χ3n) is 2.99. The van der Waals surface area contributed by atoms with E-state index in [1.165, 1.54) is 4.88 Å². The smallest absolute Gasteiger partial charge is 0.199 e. The van der Waals surface area contributed by atoms with Crippen LogP contribution in [-0.4, -0.2) is 9.97 Å². The molecule has 0 unspecified atom stereocenters. The molecule has 0 aliphatic rings. The topological polar surface area (TPSA) is 77.0 Å². The first kappa shape index (κ1) is 12.1. The first-order valence-electron chi connectivity index (χ1n) is 6.04. The number of hydrogen-bond acceptors (Lipinski definition) is 6. The Bertz CT molecular complexity index is 731. The average Bonchev–Trinajstić information content (AvgIpc) is 3.02. The van der Waals surface area contributed by atoms with Crippen LogP contribution >= 0.6 is 11.3 Å². The van der Waals surface area contributed by atoms with Gasteiger partial charge in [0.1, 0.15) is 4.83 Å². The Hall–Kier alpha value is -1.92. The van der Waals surface area contributed by atoms with Crippen molar-refractivity contribution in [2.45, 2.75) is 20.3 Å². The van der Waals surface area contributed by atoms with Crippen molar-refractivity contribution in [3.8, 4) is 11.6 Å². The Labute approximate surface area is 114 Å². The van der Waals surface area contributed by atoms with E-state index in [-0.39, 0.29) is 0 Å². The summed E-state index contributed by atoms with van der Waals surface area (Å²) in [5.41, 5.74) is 3.65. The van der Waals surface area contributed by atoms with Gasteiger partial charge in [-0.1, -0.05) is 6.92 Å². The zero-order valence-electron chi connectivity index (χ0n) is 10.7. The molecule has 0 bridgehead atoms. The lowest BCUT2D eigenvalue weighted by atomic mass is 10.2. The van der Waals surface area contributed by atoms with E-state index < -0.39 is 0 Å². The Balaban J connectivity index is 2.25. The van der Waals surface area contributed by atoms with Crippen LogP contribution in [0.4, 0.5) is 5.82 Å². The van der Waals surface area contributed by atoms with Gasteiger partial charge >= 0.3 is 0 Å². The number of anilines is 1. The van der Waals surface area contributed by atoms with Gasteiger partial charge in [0.05, 0.1) is 11.6 Å². The molecule has 0 fully saturated rings. The predicted molar refractivity (Wildman–Crippen MR) is 77.0 cm³/mol. The van der Waals surface area contributed by atoms with Gasteiger partial charge in [-0.15, -0.1) is 11.3 Å². The number of aryl methyl sites for hydroxylation is 2. The molecule has 0 amide bonds. The maximum atomic E-state index is 5.56. The van der Waals surface area contributed by atoms with Crippen molar-refractivity contribution in [2.75, 3.05) is 5.43 Å². The molecule has 98 valence electrons. The maximum Gasteiger partial charge on any atom is 0.199 e. The summed E-state index contributed by atoms with van der Waals surface area (Å²) in [5.74, 6) is 7.44. The van der Waals surface area contributed by atoms with E-state index in [0.717, 1.165) is 22.2 Å². The fraction of sp³-hybridized carbons (Fsp3) is 0.231. The number of nitrogens with one attached hydrogen (secondary N) is 1. The van der Waals surface area contributed by atoms with Crippen LogP contribution in [0.1, 0.15) is 17.4 Å². The molecule has 6 heteroatoms. The second-order valence-electron chi connectivity index (χ2n) is 4.26. The number of hydrogen-bond donors (Lipinski definition) is 2. The highest BCUT2D eigenvalue weighted by atomic mass is 32.1. The van der Waals surface area contributed by atoms with Crippen molar-refractivity contribution >= 4 is 27.4 Å². The Kier molecular flexibility index (Phi) is 2.96. The molecule has 3 rings (SSSR count). The molecular weight excluding hydrogens is 260 g/mol. The molecule has 3 heterocycles. The van der Waals surface area contributed by atoms with E-state index >= 15 is 0 Å². The van der Waals surface area contributed by atoms with Gasteiger partial charge in [0.2, 0.25) is 0 Å². The minimum Gasteiger partial charge on any atom is -0.461 e. The molecule has 0 aliphatic heterocycles. The lowest BCUT2D eigenvalue weighted by Gasteiger charge is -2.03. The first-order chi connectivity index (χ1) is 9.22. The largest absolute Gasteiger partial charge is 0.461 e. The van der Waals surface area contributed by atoms with Crippen LogP contribution in [0.25, 0.3) is 21.8 Å². The maximum absolute atomic E-state index is 5.56. The van der Waals surface area contributed by atoms with Crippen molar-refractivity contribution in [2.24, 2.45) is 5.84 Å². The highest BCUT2D eigenvalue weighted by Gasteiger charge is 2.15. The Morgan fingerprint density at radius 1 is 1.42 bits per heavy atom. The number of rotatable bonds is 3. The normalized spacial score (nSPS) is 11.1. The number of nitrogens with zero attached hydrogens (tertiary/aromatic N) is 2. The van der Waals surface area contributed by atoms with Gasteiger partial charge in [-0.25, -0.2) is 15.8 Å². The number of nitrogens with two attached hydrogens (primary N) is 1. The summed E-state index contributed by atoms with van der Waals surface area (Å²) in [5, 5.41) is 0.956.